The Kier molecular flexibility index (Phi) is 4.39. The standard InChI is InChI=1S/C12H14O4/c1-3-16-11-8-9(4-6-10(11)13)5-7-12(14)15-2/h4-8,13H,3H2,1-2H3. The number of carbonyl (C=O) groups excluding carboxylic acids is 1. The van der Waals surface area contributed by atoms with Gasteiger partial charge in [0.25, 0.3) is 0 Å². The van der Waals surface area contributed by atoms with Crippen molar-refractivity contribution >= 4 is 12.0 Å². The van der Waals surface area contributed by atoms with Crippen LogP contribution in [0.25, 0.3) is 6.08 Å². The summed E-state index contributed by atoms with van der Waals surface area (Å²) in [4.78, 5) is 10.9. The quantitative estimate of drug-likeness (QED) is 0.625. The lowest BCUT2D eigenvalue weighted by molar-refractivity contribution is -0.134. The minimum Gasteiger partial charge on any atom is -0.504 e. The van der Waals surface area contributed by atoms with Gasteiger partial charge in [0.2, 0.25) is 0 Å². The zero-order valence-electron chi connectivity index (χ0n) is 9.27. The van der Waals surface area contributed by atoms with Crippen LogP contribution in [-0.4, -0.2) is 24.8 Å². The number of methoxy groups -OCH3 is 1. The maximum Gasteiger partial charge on any atom is 0.330 e. The van der Waals surface area contributed by atoms with Crippen molar-refractivity contribution in [3.05, 3.63) is 29.8 Å². The first-order chi connectivity index (χ1) is 7.67. The van der Waals surface area contributed by atoms with Crippen LogP contribution in [0, 0.1) is 0 Å². The van der Waals surface area contributed by atoms with E-state index in [9.17, 15) is 9.90 Å². The van der Waals surface area contributed by atoms with Crippen LogP contribution in [0.4, 0.5) is 0 Å². The van der Waals surface area contributed by atoms with Gasteiger partial charge in [-0.3, -0.25) is 0 Å². The van der Waals surface area contributed by atoms with E-state index < -0.39 is 5.97 Å². The maximum atomic E-state index is 10.9. The van der Waals surface area contributed by atoms with Gasteiger partial charge < -0.3 is 14.6 Å². The molecule has 1 aromatic rings. The first kappa shape index (κ1) is 12.1. The number of carbonyl (C=O) groups is 1. The van der Waals surface area contributed by atoms with Gasteiger partial charge in [0, 0.05) is 6.08 Å². The fraction of sp³-hybridized carbons (Fsp3) is 0.250. The van der Waals surface area contributed by atoms with Crippen LogP contribution in [0.1, 0.15) is 12.5 Å². The summed E-state index contributed by atoms with van der Waals surface area (Å²) in [6.07, 6.45) is 2.90. The highest BCUT2D eigenvalue weighted by molar-refractivity contribution is 5.87. The molecule has 4 heteroatoms. The van der Waals surface area contributed by atoms with Crippen LogP contribution >= 0.6 is 0 Å². The molecule has 0 heterocycles. The molecule has 1 aromatic carbocycles. The lowest BCUT2D eigenvalue weighted by Crippen LogP contribution is -1.94. The van der Waals surface area contributed by atoms with Gasteiger partial charge in [-0.1, -0.05) is 6.07 Å². The van der Waals surface area contributed by atoms with E-state index in [1.165, 1.54) is 19.3 Å². The molecule has 86 valence electrons. The Balaban J connectivity index is 2.86. The lowest BCUT2D eigenvalue weighted by Gasteiger charge is -2.05. The highest BCUT2D eigenvalue weighted by Gasteiger charge is 2.01. The van der Waals surface area contributed by atoms with E-state index in [1.807, 2.05) is 6.92 Å². The molecule has 0 fully saturated rings. The summed E-state index contributed by atoms with van der Waals surface area (Å²) in [7, 11) is 1.31. The number of phenols is 1. The van der Waals surface area contributed by atoms with E-state index in [2.05, 4.69) is 4.74 Å². The first-order valence-corrected chi connectivity index (χ1v) is 4.89. The van der Waals surface area contributed by atoms with E-state index in [0.717, 1.165) is 5.56 Å². The van der Waals surface area contributed by atoms with E-state index in [4.69, 9.17) is 4.74 Å². The maximum absolute atomic E-state index is 10.9. The molecule has 0 aliphatic heterocycles. The summed E-state index contributed by atoms with van der Waals surface area (Å²) in [5, 5.41) is 9.45. The second-order valence-corrected chi connectivity index (χ2v) is 3.02. The van der Waals surface area contributed by atoms with Gasteiger partial charge in [-0.25, -0.2) is 4.79 Å². The molecule has 0 aromatic heterocycles. The van der Waals surface area contributed by atoms with Crippen molar-refractivity contribution < 1.29 is 19.4 Å². The third-order valence-electron chi connectivity index (χ3n) is 1.90. The normalized spacial score (nSPS) is 10.4. The van der Waals surface area contributed by atoms with Gasteiger partial charge in [0.05, 0.1) is 13.7 Å². The fourth-order valence-corrected chi connectivity index (χ4v) is 1.14. The number of hydrogen-bond donors (Lipinski definition) is 1. The molecule has 0 saturated heterocycles. The SMILES string of the molecule is CCOc1cc(C=CC(=O)OC)ccc1O. The first-order valence-electron chi connectivity index (χ1n) is 4.89. The number of aromatic hydroxyl groups is 1. The Hall–Kier alpha value is -1.97. The van der Waals surface area contributed by atoms with Crippen LogP contribution in [0.3, 0.4) is 0 Å². The average Bonchev–Trinajstić information content (AvgIpc) is 2.30. The van der Waals surface area contributed by atoms with Crippen molar-refractivity contribution in [1.82, 2.24) is 0 Å². The van der Waals surface area contributed by atoms with Gasteiger partial charge >= 0.3 is 5.97 Å². The fourth-order valence-electron chi connectivity index (χ4n) is 1.14. The van der Waals surface area contributed by atoms with Gasteiger partial charge in [0.15, 0.2) is 11.5 Å². The molecule has 0 spiro atoms. The molecule has 4 nitrogen and oxygen atoms in total. The molecular formula is C12H14O4. The molecule has 0 aliphatic carbocycles. The third kappa shape index (κ3) is 3.31. The number of phenolic OH excluding ortho intramolecular Hbond substituents is 1. The largest absolute Gasteiger partial charge is 0.504 e. The highest BCUT2D eigenvalue weighted by Crippen LogP contribution is 2.27. The predicted molar refractivity (Wildman–Crippen MR) is 60.3 cm³/mol. The molecule has 1 rings (SSSR count). The van der Waals surface area contributed by atoms with Crippen LogP contribution in [-0.2, 0) is 9.53 Å². The van der Waals surface area contributed by atoms with Crippen LogP contribution in [0.15, 0.2) is 24.3 Å². The van der Waals surface area contributed by atoms with Crippen molar-refractivity contribution in [2.24, 2.45) is 0 Å². The van der Waals surface area contributed by atoms with E-state index in [-0.39, 0.29) is 5.75 Å². The number of benzene rings is 1. The zero-order chi connectivity index (χ0) is 12.0. The second kappa shape index (κ2) is 5.80. The molecule has 0 amide bonds. The zero-order valence-corrected chi connectivity index (χ0v) is 9.27. The van der Waals surface area contributed by atoms with Crippen molar-refractivity contribution in [2.75, 3.05) is 13.7 Å². The van der Waals surface area contributed by atoms with Crippen molar-refractivity contribution in [3.8, 4) is 11.5 Å². The van der Waals surface area contributed by atoms with Gasteiger partial charge in [-0.2, -0.15) is 0 Å². The summed E-state index contributed by atoms with van der Waals surface area (Å²) in [6, 6.07) is 4.84. The predicted octanol–water partition coefficient (Wildman–Crippen LogP) is 1.98. The summed E-state index contributed by atoms with van der Waals surface area (Å²) in [5.41, 5.74) is 0.756. The molecule has 16 heavy (non-hydrogen) atoms. The van der Waals surface area contributed by atoms with Gasteiger partial charge in [0.1, 0.15) is 0 Å². The number of esters is 1. The van der Waals surface area contributed by atoms with Crippen molar-refractivity contribution in [1.29, 1.82) is 0 Å². The average molecular weight is 222 g/mol. The van der Waals surface area contributed by atoms with Crippen LogP contribution < -0.4 is 4.74 Å². The lowest BCUT2D eigenvalue weighted by atomic mass is 10.2. The van der Waals surface area contributed by atoms with Crippen molar-refractivity contribution in [2.45, 2.75) is 6.92 Å². The minimum atomic E-state index is -0.425. The Bertz CT molecular complexity index is 396. The monoisotopic (exact) mass is 222 g/mol. The molecule has 0 unspecified atom stereocenters. The minimum absolute atomic E-state index is 0.0806. The summed E-state index contributed by atoms with van der Waals surface area (Å²) in [6.45, 7) is 2.30. The van der Waals surface area contributed by atoms with Gasteiger partial charge in [-0.15, -0.1) is 0 Å². The Morgan fingerprint density at radius 2 is 2.25 bits per heavy atom. The smallest absolute Gasteiger partial charge is 0.330 e. The molecule has 0 aliphatic rings. The summed E-state index contributed by atoms with van der Waals surface area (Å²) < 4.78 is 9.68. The van der Waals surface area contributed by atoms with E-state index in [0.29, 0.717) is 12.4 Å². The van der Waals surface area contributed by atoms with E-state index in [1.54, 1.807) is 18.2 Å². The van der Waals surface area contributed by atoms with Crippen LogP contribution in [0.2, 0.25) is 0 Å². The molecule has 0 saturated carbocycles. The number of hydrogen-bond acceptors (Lipinski definition) is 4. The molecule has 1 N–H and O–H groups in total. The summed E-state index contributed by atoms with van der Waals surface area (Å²) in [5.74, 6) is 0.0534. The molecular weight excluding hydrogens is 208 g/mol. The number of rotatable bonds is 4. The Labute approximate surface area is 94.1 Å². The molecule has 0 bridgehead atoms. The Morgan fingerprint density at radius 3 is 2.88 bits per heavy atom. The molecule has 0 radical (unpaired) electrons. The molecule has 0 atom stereocenters. The second-order valence-electron chi connectivity index (χ2n) is 3.02. The summed E-state index contributed by atoms with van der Waals surface area (Å²) >= 11 is 0. The third-order valence-corrected chi connectivity index (χ3v) is 1.90. The van der Waals surface area contributed by atoms with E-state index >= 15 is 0 Å². The topological polar surface area (TPSA) is 55.8 Å². The highest BCUT2D eigenvalue weighted by atomic mass is 16.5. The number of ether oxygens (including phenoxy) is 2. The van der Waals surface area contributed by atoms with Crippen molar-refractivity contribution in [3.63, 3.8) is 0 Å². The van der Waals surface area contributed by atoms with Gasteiger partial charge in [-0.05, 0) is 30.7 Å². The van der Waals surface area contributed by atoms with Crippen LogP contribution in [0.5, 0.6) is 11.5 Å². The Morgan fingerprint density at radius 1 is 1.50 bits per heavy atom.